The minimum Gasteiger partial charge on any atom is -0.348 e. The predicted molar refractivity (Wildman–Crippen MR) is 55.3 cm³/mol. The molecule has 2 rings (SSSR count). The van der Waals surface area contributed by atoms with Crippen LogP contribution in [-0.4, -0.2) is 26.9 Å². The summed E-state index contributed by atoms with van der Waals surface area (Å²) in [5.41, 5.74) is 0.406. The molecular formula is C10H16N4O. The molecule has 0 saturated heterocycles. The molecule has 0 aliphatic heterocycles. The van der Waals surface area contributed by atoms with E-state index in [1.807, 2.05) is 0 Å². The van der Waals surface area contributed by atoms with Gasteiger partial charge in [0, 0.05) is 13.1 Å². The lowest BCUT2D eigenvalue weighted by Crippen LogP contribution is -2.36. The number of nitrogens with zero attached hydrogens (tertiary/aromatic N) is 3. The van der Waals surface area contributed by atoms with Crippen LogP contribution in [0.1, 0.15) is 42.6 Å². The third-order valence-corrected chi connectivity index (χ3v) is 2.77. The van der Waals surface area contributed by atoms with E-state index in [0.717, 1.165) is 12.8 Å². The van der Waals surface area contributed by atoms with Crippen molar-refractivity contribution >= 4 is 5.91 Å². The quantitative estimate of drug-likeness (QED) is 0.784. The topological polar surface area (TPSA) is 59.8 Å². The summed E-state index contributed by atoms with van der Waals surface area (Å²) in [4.78, 5) is 13.1. The Kier molecular flexibility index (Phi) is 2.99. The lowest BCUT2D eigenvalue weighted by Gasteiger charge is -2.22. The van der Waals surface area contributed by atoms with Crippen molar-refractivity contribution in [2.45, 2.75) is 38.1 Å². The Balaban J connectivity index is 1.91. The number of nitrogens with one attached hydrogen (secondary N) is 1. The van der Waals surface area contributed by atoms with Crippen LogP contribution in [0, 0.1) is 0 Å². The maximum Gasteiger partial charge on any atom is 0.273 e. The van der Waals surface area contributed by atoms with E-state index in [0.29, 0.717) is 11.7 Å². The van der Waals surface area contributed by atoms with Gasteiger partial charge in [-0.2, -0.15) is 9.90 Å². The molecule has 1 fully saturated rings. The highest BCUT2D eigenvalue weighted by Gasteiger charge is 2.17. The molecular weight excluding hydrogens is 192 g/mol. The summed E-state index contributed by atoms with van der Waals surface area (Å²) >= 11 is 0. The summed E-state index contributed by atoms with van der Waals surface area (Å²) in [6.07, 6.45) is 7.39. The molecule has 0 unspecified atom stereocenters. The zero-order valence-corrected chi connectivity index (χ0v) is 8.94. The van der Waals surface area contributed by atoms with E-state index in [1.54, 1.807) is 7.05 Å². The van der Waals surface area contributed by atoms with Crippen molar-refractivity contribution in [1.29, 1.82) is 0 Å². The van der Waals surface area contributed by atoms with Gasteiger partial charge in [0.15, 0.2) is 5.69 Å². The van der Waals surface area contributed by atoms with Gasteiger partial charge in [0.1, 0.15) is 0 Å². The Morgan fingerprint density at radius 3 is 2.80 bits per heavy atom. The molecule has 5 heteroatoms. The number of carbonyl (C=O) groups excluding carboxylic acids is 1. The van der Waals surface area contributed by atoms with Crippen LogP contribution < -0.4 is 5.32 Å². The molecule has 5 nitrogen and oxygen atoms in total. The summed E-state index contributed by atoms with van der Waals surface area (Å²) < 4.78 is 0. The Bertz CT molecular complexity index is 341. The van der Waals surface area contributed by atoms with Crippen molar-refractivity contribution in [3.8, 4) is 0 Å². The Hall–Kier alpha value is -1.39. The lowest BCUT2D eigenvalue weighted by molar-refractivity contribution is 0.0922. The van der Waals surface area contributed by atoms with Crippen LogP contribution in [0.5, 0.6) is 0 Å². The molecule has 0 atom stereocenters. The van der Waals surface area contributed by atoms with E-state index in [9.17, 15) is 4.79 Å². The van der Waals surface area contributed by atoms with Gasteiger partial charge in [-0.05, 0) is 12.8 Å². The number of amides is 1. The van der Waals surface area contributed by atoms with E-state index in [4.69, 9.17) is 0 Å². The van der Waals surface area contributed by atoms with E-state index in [2.05, 4.69) is 15.5 Å². The fourth-order valence-corrected chi connectivity index (χ4v) is 1.96. The molecule has 1 saturated carbocycles. The normalized spacial score (nSPS) is 17.7. The van der Waals surface area contributed by atoms with E-state index in [-0.39, 0.29) is 5.91 Å². The largest absolute Gasteiger partial charge is 0.348 e. The Morgan fingerprint density at radius 2 is 2.20 bits per heavy atom. The number of aromatic nitrogens is 3. The van der Waals surface area contributed by atoms with Gasteiger partial charge in [-0.25, -0.2) is 0 Å². The molecule has 0 spiro atoms. The monoisotopic (exact) mass is 208 g/mol. The molecule has 15 heavy (non-hydrogen) atoms. The minimum atomic E-state index is -0.102. The van der Waals surface area contributed by atoms with E-state index < -0.39 is 0 Å². The van der Waals surface area contributed by atoms with Crippen molar-refractivity contribution in [1.82, 2.24) is 20.3 Å². The number of hydrogen-bond donors (Lipinski definition) is 1. The Morgan fingerprint density at radius 1 is 1.47 bits per heavy atom. The first-order valence-electron chi connectivity index (χ1n) is 5.43. The van der Waals surface area contributed by atoms with Gasteiger partial charge in [-0.15, -0.1) is 5.10 Å². The molecule has 0 radical (unpaired) electrons. The Labute approximate surface area is 88.9 Å². The predicted octanol–water partition coefficient (Wildman–Crippen LogP) is 0.878. The molecule has 1 N–H and O–H groups in total. The van der Waals surface area contributed by atoms with Crippen LogP contribution in [0.15, 0.2) is 6.20 Å². The van der Waals surface area contributed by atoms with Gasteiger partial charge in [0.2, 0.25) is 0 Å². The van der Waals surface area contributed by atoms with Crippen LogP contribution in [0.25, 0.3) is 0 Å². The van der Waals surface area contributed by atoms with Crippen molar-refractivity contribution in [2.24, 2.45) is 7.05 Å². The fourth-order valence-electron chi connectivity index (χ4n) is 1.96. The van der Waals surface area contributed by atoms with Gasteiger partial charge in [0.05, 0.1) is 6.20 Å². The highest BCUT2D eigenvalue weighted by Crippen LogP contribution is 2.17. The molecule has 1 aromatic rings. The van der Waals surface area contributed by atoms with Crippen LogP contribution in [0.3, 0.4) is 0 Å². The molecule has 82 valence electrons. The first-order valence-corrected chi connectivity index (χ1v) is 5.43. The second-order valence-corrected chi connectivity index (χ2v) is 4.03. The number of carbonyl (C=O) groups is 1. The van der Waals surface area contributed by atoms with Gasteiger partial charge in [-0.1, -0.05) is 19.3 Å². The summed E-state index contributed by atoms with van der Waals surface area (Å²) in [5.74, 6) is -0.102. The summed E-state index contributed by atoms with van der Waals surface area (Å²) in [6.45, 7) is 0. The van der Waals surface area contributed by atoms with Crippen molar-refractivity contribution < 1.29 is 4.79 Å². The van der Waals surface area contributed by atoms with Gasteiger partial charge in [-0.3, -0.25) is 4.79 Å². The number of hydrogen-bond acceptors (Lipinski definition) is 3. The summed E-state index contributed by atoms with van der Waals surface area (Å²) in [7, 11) is 1.71. The van der Waals surface area contributed by atoms with Gasteiger partial charge >= 0.3 is 0 Å². The average molecular weight is 208 g/mol. The van der Waals surface area contributed by atoms with Gasteiger partial charge in [0.25, 0.3) is 5.91 Å². The third-order valence-electron chi connectivity index (χ3n) is 2.77. The zero-order chi connectivity index (χ0) is 10.7. The standard InChI is InChI=1S/C10H16N4O/c1-14-11-7-9(13-14)10(15)12-8-5-3-2-4-6-8/h7-8H,2-6H2,1H3,(H,12,15). The highest BCUT2D eigenvalue weighted by molar-refractivity contribution is 5.92. The second kappa shape index (κ2) is 4.42. The average Bonchev–Trinajstić information content (AvgIpc) is 2.66. The molecule has 1 aromatic heterocycles. The molecule has 1 aliphatic carbocycles. The maximum atomic E-state index is 11.7. The van der Waals surface area contributed by atoms with E-state index >= 15 is 0 Å². The first-order chi connectivity index (χ1) is 7.25. The highest BCUT2D eigenvalue weighted by atomic mass is 16.2. The maximum absolute atomic E-state index is 11.7. The second-order valence-electron chi connectivity index (χ2n) is 4.03. The van der Waals surface area contributed by atoms with Crippen LogP contribution in [0.2, 0.25) is 0 Å². The van der Waals surface area contributed by atoms with Gasteiger partial charge < -0.3 is 5.32 Å². The lowest BCUT2D eigenvalue weighted by atomic mass is 9.95. The smallest absolute Gasteiger partial charge is 0.273 e. The molecule has 0 aromatic carbocycles. The first kappa shape index (κ1) is 10.1. The van der Waals surface area contributed by atoms with Crippen LogP contribution in [-0.2, 0) is 7.05 Å². The van der Waals surface area contributed by atoms with Crippen molar-refractivity contribution in [2.75, 3.05) is 0 Å². The number of aryl methyl sites for hydroxylation is 1. The summed E-state index contributed by atoms with van der Waals surface area (Å²) in [5, 5.41) is 10.8. The molecule has 1 heterocycles. The van der Waals surface area contributed by atoms with E-state index in [1.165, 1.54) is 30.3 Å². The molecule has 1 aliphatic rings. The molecule has 0 bridgehead atoms. The number of rotatable bonds is 2. The SMILES string of the molecule is Cn1ncc(C(=O)NC2CCCCC2)n1. The summed E-state index contributed by atoms with van der Waals surface area (Å²) in [6, 6.07) is 0.327. The minimum absolute atomic E-state index is 0.102. The molecule has 1 amide bonds. The van der Waals surface area contributed by atoms with Crippen LogP contribution in [0.4, 0.5) is 0 Å². The van der Waals surface area contributed by atoms with Crippen molar-refractivity contribution in [3.05, 3.63) is 11.9 Å². The van der Waals surface area contributed by atoms with Crippen molar-refractivity contribution in [3.63, 3.8) is 0 Å². The fraction of sp³-hybridized carbons (Fsp3) is 0.700. The zero-order valence-electron chi connectivity index (χ0n) is 8.94. The third kappa shape index (κ3) is 2.55. The van der Waals surface area contributed by atoms with Crippen LogP contribution >= 0.6 is 0 Å².